The van der Waals surface area contributed by atoms with Gasteiger partial charge in [-0.15, -0.1) is 0 Å². The molecule has 0 unspecified atom stereocenters. The third-order valence-electron chi connectivity index (χ3n) is 4.98. The van der Waals surface area contributed by atoms with Crippen LogP contribution < -0.4 is 19.5 Å². The van der Waals surface area contributed by atoms with E-state index in [1.807, 2.05) is 13.0 Å². The number of hydrogen-bond donors (Lipinski definition) is 2. The maximum atomic E-state index is 12.8. The zero-order valence-corrected chi connectivity index (χ0v) is 20.2. The van der Waals surface area contributed by atoms with Crippen molar-refractivity contribution in [2.45, 2.75) is 38.0 Å². The number of hydrogen-bond acceptors (Lipinski definition) is 5. The van der Waals surface area contributed by atoms with Gasteiger partial charge in [0.25, 0.3) is 15.9 Å². The van der Waals surface area contributed by atoms with Crippen LogP contribution in [-0.2, 0) is 10.0 Å². The summed E-state index contributed by atoms with van der Waals surface area (Å²) in [4.78, 5) is 12.9. The first-order valence-electron chi connectivity index (χ1n) is 11.3. The average molecular weight is 483 g/mol. The summed E-state index contributed by atoms with van der Waals surface area (Å²) in [5, 5.41) is 2.80. The molecule has 0 atom stereocenters. The van der Waals surface area contributed by atoms with Crippen LogP contribution in [-0.4, -0.2) is 27.5 Å². The van der Waals surface area contributed by atoms with Crippen LogP contribution >= 0.6 is 0 Å². The smallest absolute Gasteiger partial charge is 0.261 e. The Bertz CT molecular complexity index is 1180. The minimum atomic E-state index is -3.78. The van der Waals surface area contributed by atoms with E-state index < -0.39 is 10.0 Å². The van der Waals surface area contributed by atoms with E-state index in [9.17, 15) is 13.2 Å². The number of anilines is 2. The van der Waals surface area contributed by atoms with Crippen LogP contribution in [0.3, 0.4) is 0 Å². The van der Waals surface area contributed by atoms with Gasteiger partial charge < -0.3 is 14.8 Å². The highest BCUT2D eigenvalue weighted by atomic mass is 32.2. The molecule has 180 valence electrons. The minimum absolute atomic E-state index is 0.0824. The summed E-state index contributed by atoms with van der Waals surface area (Å²) in [6.07, 6.45) is 3.08. The molecule has 8 heteroatoms. The van der Waals surface area contributed by atoms with Gasteiger partial charge in [0.2, 0.25) is 0 Å². The molecule has 1 amide bonds. The Balaban J connectivity index is 1.65. The summed E-state index contributed by atoms with van der Waals surface area (Å²) in [7, 11) is -3.78. The molecule has 0 aromatic heterocycles. The number of carbonyl (C=O) groups excluding carboxylic acids is 1. The third-order valence-corrected chi connectivity index (χ3v) is 6.37. The molecule has 0 heterocycles. The fourth-order valence-electron chi connectivity index (χ4n) is 3.23. The van der Waals surface area contributed by atoms with Gasteiger partial charge in [-0.05, 0) is 74.0 Å². The number of para-hydroxylation sites is 1. The summed E-state index contributed by atoms with van der Waals surface area (Å²) < 4.78 is 39.1. The Morgan fingerprint density at radius 3 is 2.18 bits per heavy atom. The molecule has 2 N–H and O–H groups in total. The molecule has 0 aliphatic rings. The Labute approximate surface area is 201 Å². The van der Waals surface area contributed by atoms with Gasteiger partial charge in [-0.3, -0.25) is 9.52 Å². The lowest BCUT2D eigenvalue weighted by Gasteiger charge is -2.12. The van der Waals surface area contributed by atoms with Gasteiger partial charge >= 0.3 is 0 Å². The van der Waals surface area contributed by atoms with Crippen LogP contribution in [0, 0.1) is 0 Å². The fraction of sp³-hybridized carbons (Fsp3) is 0.269. The maximum Gasteiger partial charge on any atom is 0.261 e. The number of ether oxygens (including phenoxy) is 2. The highest BCUT2D eigenvalue weighted by Gasteiger charge is 2.16. The molecule has 0 saturated carbocycles. The number of rotatable bonds is 12. The first-order valence-corrected chi connectivity index (χ1v) is 12.8. The molecule has 3 aromatic rings. The minimum Gasteiger partial charge on any atom is -0.494 e. The Kier molecular flexibility index (Phi) is 8.93. The lowest BCUT2D eigenvalue weighted by molar-refractivity contribution is 0.102. The number of sulfonamides is 1. The first kappa shape index (κ1) is 25.1. The number of benzene rings is 3. The van der Waals surface area contributed by atoms with E-state index in [4.69, 9.17) is 9.47 Å². The van der Waals surface area contributed by atoms with Gasteiger partial charge in [-0.1, -0.05) is 31.9 Å². The van der Waals surface area contributed by atoms with Gasteiger partial charge in [0, 0.05) is 11.4 Å². The van der Waals surface area contributed by atoms with Gasteiger partial charge in [-0.25, -0.2) is 8.42 Å². The highest BCUT2D eigenvalue weighted by Crippen LogP contribution is 2.23. The Morgan fingerprint density at radius 2 is 1.50 bits per heavy atom. The van der Waals surface area contributed by atoms with E-state index >= 15 is 0 Å². The molecule has 0 saturated heterocycles. The van der Waals surface area contributed by atoms with Crippen molar-refractivity contribution in [2.75, 3.05) is 23.3 Å². The Morgan fingerprint density at radius 1 is 0.824 bits per heavy atom. The molecule has 0 radical (unpaired) electrons. The van der Waals surface area contributed by atoms with Crippen molar-refractivity contribution >= 4 is 27.3 Å². The van der Waals surface area contributed by atoms with E-state index in [-0.39, 0.29) is 10.8 Å². The monoisotopic (exact) mass is 482 g/mol. The van der Waals surface area contributed by atoms with Crippen molar-refractivity contribution in [2.24, 2.45) is 0 Å². The van der Waals surface area contributed by atoms with Crippen molar-refractivity contribution in [3.05, 3.63) is 78.4 Å². The topological polar surface area (TPSA) is 93.7 Å². The molecule has 3 rings (SSSR count). The SMILES string of the molecule is CCCCCOc1ccccc1C(=O)Nc1ccc(S(=O)(=O)Nc2ccc(OCC)cc2)cc1. The quantitative estimate of drug-likeness (QED) is 0.323. The van der Waals surface area contributed by atoms with Crippen LogP contribution in [0.4, 0.5) is 11.4 Å². The number of unbranched alkanes of at least 4 members (excludes halogenated alkanes) is 2. The van der Waals surface area contributed by atoms with Crippen LogP contribution in [0.1, 0.15) is 43.5 Å². The van der Waals surface area contributed by atoms with E-state index in [1.165, 1.54) is 12.1 Å². The standard InChI is InChI=1S/C26H30N2O5S/c1-3-5-8-19-33-25-10-7-6-9-24(25)26(29)27-20-13-17-23(18-14-20)34(30,31)28-21-11-15-22(16-12-21)32-4-2/h6-7,9-18,28H,3-5,8,19H2,1-2H3,(H,27,29). The fourth-order valence-corrected chi connectivity index (χ4v) is 4.29. The highest BCUT2D eigenvalue weighted by molar-refractivity contribution is 7.92. The summed E-state index contributed by atoms with van der Waals surface area (Å²) in [5.41, 5.74) is 1.33. The second-order valence-corrected chi connectivity index (χ2v) is 9.28. The zero-order chi connectivity index (χ0) is 24.4. The predicted molar refractivity (Wildman–Crippen MR) is 134 cm³/mol. The zero-order valence-electron chi connectivity index (χ0n) is 19.4. The molecule has 0 bridgehead atoms. The van der Waals surface area contributed by atoms with Crippen molar-refractivity contribution in [1.82, 2.24) is 0 Å². The van der Waals surface area contributed by atoms with Crippen molar-refractivity contribution in [3.63, 3.8) is 0 Å². The molecule has 3 aromatic carbocycles. The molecular formula is C26H30N2O5S. The number of amides is 1. The third kappa shape index (κ3) is 6.99. The second-order valence-electron chi connectivity index (χ2n) is 7.59. The van der Waals surface area contributed by atoms with Gasteiger partial charge in [-0.2, -0.15) is 0 Å². The van der Waals surface area contributed by atoms with Gasteiger partial charge in [0.15, 0.2) is 0 Å². The van der Waals surface area contributed by atoms with Gasteiger partial charge in [0.05, 0.1) is 23.7 Å². The van der Waals surface area contributed by atoms with Crippen LogP contribution in [0.5, 0.6) is 11.5 Å². The van der Waals surface area contributed by atoms with E-state index in [0.29, 0.717) is 41.7 Å². The van der Waals surface area contributed by atoms with Crippen LogP contribution in [0.2, 0.25) is 0 Å². The molecule has 0 aliphatic heterocycles. The largest absolute Gasteiger partial charge is 0.494 e. The van der Waals surface area contributed by atoms with Crippen LogP contribution in [0.15, 0.2) is 77.7 Å². The van der Waals surface area contributed by atoms with E-state index in [2.05, 4.69) is 17.0 Å². The molecule has 34 heavy (non-hydrogen) atoms. The summed E-state index contributed by atoms with van der Waals surface area (Å²) >= 11 is 0. The van der Waals surface area contributed by atoms with Crippen molar-refractivity contribution in [1.29, 1.82) is 0 Å². The summed E-state index contributed by atoms with van der Waals surface area (Å²) in [5.74, 6) is 0.863. The number of nitrogens with one attached hydrogen (secondary N) is 2. The van der Waals surface area contributed by atoms with Crippen molar-refractivity contribution < 1.29 is 22.7 Å². The first-order chi connectivity index (χ1) is 16.4. The molecular weight excluding hydrogens is 452 g/mol. The molecule has 0 spiro atoms. The van der Waals surface area contributed by atoms with Crippen LogP contribution in [0.25, 0.3) is 0 Å². The van der Waals surface area contributed by atoms with Gasteiger partial charge in [0.1, 0.15) is 11.5 Å². The molecule has 0 aliphatic carbocycles. The normalized spacial score (nSPS) is 11.0. The summed E-state index contributed by atoms with van der Waals surface area (Å²) in [6, 6.07) is 19.7. The summed E-state index contributed by atoms with van der Waals surface area (Å²) in [6.45, 7) is 5.08. The number of carbonyl (C=O) groups is 1. The van der Waals surface area contributed by atoms with E-state index in [0.717, 1.165) is 19.3 Å². The average Bonchev–Trinajstić information content (AvgIpc) is 2.84. The second kappa shape index (κ2) is 12.1. The lowest BCUT2D eigenvalue weighted by Crippen LogP contribution is -2.15. The lowest BCUT2D eigenvalue weighted by atomic mass is 10.2. The maximum absolute atomic E-state index is 12.8. The van der Waals surface area contributed by atoms with E-state index in [1.54, 1.807) is 54.6 Å². The van der Waals surface area contributed by atoms with Crippen molar-refractivity contribution in [3.8, 4) is 11.5 Å². The molecule has 7 nitrogen and oxygen atoms in total. The predicted octanol–water partition coefficient (Wildman–Crippen LogP) is 5.71. The Hall–Kier alpha value is -3.52. The molecule has 0 fully saturated rings.